The Morgan fingerprint density at radius 3 is 2.67 bits per heavy atom. The lowest BCUT2D eigenvalue weighted by molar-refractivity contribution is 0.182. The highest BCUT2D eigenvalue weighted by Crippen LogP contribution is 2.36. The number of methoxy groups -OCH3 is 2. The first kappa shape index (κ1) is 15.8. The van der Waals surface area contributed by atoms with E-state index in [0.29, 0.717) is 28.1 Å². The van der Waals surface area contributed by atoms with Crippen molar-refractivity contribution in [2.24, 2.45) is 5.92 Å². The topological polar surface area (TPSA) is 50.8 Å². The fraction of sp³-hybridized carbons (Fsp3) is 0.533. The molecule has 1 aliphatic rings. The summed E-state index contributed by atoms with van der Waals surface area (Å²) >= 11 is 6.11. The minimum Gasteiger partial charge on any atom is -0.495 e. The SMILES string of the molecule is COc1cc(OC)c(NC(=O)N2CCCC(C)C2)cc1Cl. The molecule has 2 rings (SSSR count). The number of likely N-dealkylation sites (tertiary alicyclic amines) is 1. The highest BCUT2D eigenvalue weighted by atomic mass is 35.5. The number of benzene rings is 1. The van der Waals surface area contributed by atoms with Crippen molar-refractivity contribution in [3.63, 3.8) is 0 Å². The van der Waals surface area contributed by atoms with Gasteiger partial charge in [0.2, 0.25) is 0 Å². The van der Waals surface area contributed by atoms with Crippen molar-refractivity contribution in [2.45, 2.75) is 19.8 Å². The molecule has 1 aliphatic heterocycles. The van der Waals surface area contributed by atoms with Crippen LogP contribution in [0.1, 0.15) is 19.8 Å². The number of urea groups is 1. The summed E-state index contributed by atoms with van der Waals surface area (Å²) in [4.78, 5) is 14.2. The quantitative estimate of drug-likeness (QED) is 0.927. The lowest BCUT2D eigenvalue weighted by Gasteiger charge is -2.31. The molecule has 1 saturated heterocycles. The molecule has 1 aromatic rings. The number of carbonyl (C=O) groups excluding carboxylic acids is 1. The minimum absolute atomic E-state index is 0.124. The molecule has 1 N–H and O–H groups in total. The second-order valence-electron chi connectivity index (χ2n) is 5.31. The second-order valence-corrected chi connectivity index (χ2v) is 5.72. The summed E-state index contributed by atoms with van der Waals surface area (Å²) in [5.74, 6) is 1.57. The van der Waals surface area contributed by atoms with Crippen molar-refractivity contribution >= 4 is 23.3 Å². The monoisotopic (exact) mass is 312 g/mol. The predicted molar refractivity (Wildman–Crippen MR) is 83.5 cm³/mol. The Morgan fingerprint density at radius 1 is 1.33 bits per heavy atom. The number of amides is 2. The van der Waals surface area contributed by atoms with E-state index in [-0.39, 0.29) is 6.03 Å². The number of nitrogens with one attached hydrogen (secondary N) is 1. The standard InChI is InChI=1S/C15H21ClN2O3/c1-10-5-4-6-18(9-10)15(19)17-12-7-11(16)13(20-2)8-14(12)21-3/h7-8,10H,4-6,9H2,1-3H3,(H,17,19). The maximum Gasteiger partial charge on any atom is 0.321 e. The van der Waals surface area contributed by atoms with Crippen LogP contribution in [0.5, 0.6) is 11.5 Å². The zero-order valence-electron chi connectivity index (χ0n) is 12.6. The van der Waals surface area contributed by atoms with Crippen LogP contribution in [0.4, 0.5) is 10.5 Å². The molecule has 1 unspecified atom stereocenters. The largest absolute Gasteiger partial charge is 0.495 e. The molecule has 21 heavy (non-hydrogen) atoms. The van der Waals surface area contributed by atoms with Crippen molar-refractivity contribution in [3.05, 3.63) is 17.2 Å². The van der Waals surface area contributed by atoms with Gasteiger partial charge in [-0.2, -0.15) is 0 Å². The number of hydrogen-bond acceptors (Lipinski definition) is 3. The van der Waals surface area contributed by atoms with Gasteiger partial charge in [0.05, 0.1) is 24.9 Å². The van der Waals surface area contributed by atoms with Crippen molar-refractivity contribution in [2.75, 3.05) is 32.6 Å². The first-order valence-electron chi connectivity index (χ1n) is 7.02. The van der Waals surface area contributed by atoms with Crippen LogP contribution in [0.15, 0.2) is 12.1 Å². The average molecular weight is 313 g/mol. The number of piperidine rings is 1. The van der Waals surface area contributed by atoms with Gasteiger partial charge < -0.3 is 19.7 Å². The average Bonchev–Trinajstić information content (AvgIpc) is 2.47. The number of carbonyl (C=O) groups is 1. The van der Waals surface area contributed by atoms with E-state index >= 15 is 0 Å². The molecular weight excluding hydrogens is 292 g/mol. The van der Waals surface area contributed by atoms with E-state index in [0.717, 1.165) is 19.5 Å². The third kappa shape index (κ3) is 3.73. The van der Waals surface area contributed by atoms with Gasteiger partial charge >= 0.3 is 6.03 Å². The first-order valence-corrected chi connectivity index (χ1v) is 7.40. The summed E-state index contributed by atoms with van der Waals surface area (Å²) in [6.45, 7) is 3.71. The Morgan fingerprint density at radius 2 is 2.05 bits per heavy atom. The third-order valence-corrected chi connectivity index (χ3v) is 3.96. The normalized spacial score (nSPS) is 18.3. The fourth-order valence-electron chi connectivity index (χ4n) is 2.53. The van der Waals surface area contributed by atoms with E-state index in [1.54, 1.807) is 19.2 Å². The first-order chi connectivity index (χ1) is 10.0. The molecule has 0 saturated carbocycles. The lowest BCUT2D eigenvalue weighted by Crippen LogP contribution is -2.41. The number of ether oxygens (including phenoxy) is 2. The Kier molecular flexibility index (Phi) is 5.17. The Hall–Kier alpha value is -1.62. The Bertz CT molecular complexity index is 522. The van der Waals surface area contributed by atoms with Gasteiger partial charge in [-0.1, -0.05) is 18.5 Å². The number of nitrogens with zero attached hydrogens (tertiary/aromatic N) is 1. The van der Waals surface area contributed by atoms with E-state index in [1.807, 2.05) is 4.90 Å². The van der Waals surface area contributed by atoms with E-state index in [9.17, 15) is 4.79 Å². The van der Waals surface area contributed by atoms with Crippen molar-refractivity contribution in [1.82, 2.24) is 4.90 Å². The van der Waals surface area contributed by atoms with E-state index in [1.165, 1.54) is 13.5 Å². The van der Waals surface area contributed by atoms with Gasteiger partial charge in [0.25, 0.3) is 0 Å². The Labute approximate surface area is 130 Å². The van der Waals surface area contributed by atoms with Gasteiger partial charge in [0.1, 0.15) is 11.5 Å². The molecular formula is C15H21ClN2O3. The van der Waals surface area contributed by atoms with Gasteiger partial charge in [0, 0.05) is 19.2 Å². The molecule has 5 nitrogen and oxygen atoms in total. The van der Waals surface area contributed by atoms with Crippen molar-refractivity contribution in [3.8, 4) is 11.5 Å². The van der Waals surface area contributed by atoms with Crippen molar-refractivity contribution in [1.29, 1.82) is 0 Å². The number of hydrogen-bond donors (Lipinski definition) is 1. The van der Waals surface area contributed by atoms with Gasteiger partial charge in [-0.05, 0) is 24.8 Å². The molecule has 1 aromatic carbocycles. The second kappa shape index (κ2) is 6.89. The summed E-state index contributed by atoms with van der Waals surface area (Å²) in [6.07, 6.45) is 2.20. The summed E-state index contributed by atoms with van der Waals surface area (Å²) < 4.78 is 10.4. The summed E-state index contributed by atoms with van der Waals surface area (Å²) in [5, 5.41) is 3.30. The van der Waals surface area contributed by atoms with Gasteiger partial charge in [-0.25, -0.2) is 4.79 Å². The van der Waals surface area contributed by atoms with Crippen LogP contribution in [-0.4, -0.2) is 38.2 Å². The summed E-state index contributed by atoms with van der Waals surface area (Å²) in [6, 6.07) is 3.18. The zero-order valence-corrected chi connectivity index (χ0v) is 13.4. The van der Waals surface area contributed by atoms with E-state index in [4.69, 9.17) is 21.1 Å². The van der Waals surface area contributed by atoms with Crippen LogP contribution >= 0.6 is 11.6 Å². The minimum atomic E-state index is -0.124. The molecule has 1 fully saturated rings. The van der Waals surface area contributed by atoms with Crippen LogP contribution in [0.2, 0.25) is 5.02 Å². The van der Waals surface area contributed by atoms with E-state index < -0.39 is 0 Å². The van der Waals surface area contributed by atoms with Gasteiger partial charge in [-0.15, -0.1) is 0 Å². The van der Waals surface area contributed by atoms with Crippen molar-refractivity contribution < 1.29 is 14.3 Å². The third-order valence-electron chi connectivity index (χ3n) is 3.66. The van der Waals surface area contributed by atoms with Crippen LogP contribution in [-0.2, 0) is 0 Å². The molecule has 0 spiro atoms. The molecule has 1 heterocycles. The van der Waals surface area contributed by atoms with Crippen LogP contribution in [0.25, 0.3) is 0 Å². The molecule has 0 aromatic heterocycles. The summed E-state index contributed by atoms with van der Waals surface area (Å²) in [5.41, 5.74) is 0.548. The van der Waals surface area contributed by atoms with Crippen LogP contribution in [0.3, 0.4) is 0 Å². The fourth-order valence-corrected chi connectivity index (χ4v) is 2.77. The number of anilines is 1. The maximum atomic E-state index is 12.3. The number of rotatable bonds is 3. The molecule has 1 atom stereocenters. The van der Waals surface area contributed by atoms with Gasteiger partial charge in [0.15, 0.2) is 0 Å². The lowest BCUT2D eigenvalue weighted by atomic mass is 10.0. The van der Waals surface area contributed by atoms with Crippen LogP contribution in [0, 0.1) is 5.92 Å². The summed E-state index contributed by atoms with van der Waals surface area (Å²) in [7, 11) is 3.08. The highest BCUT2D eigenvalue weighted by molar-refractivity contribution is 6.32. The highest BCUT2D eigenvalue weighted by Gasteiger charge is 2.22. The van der Waals surface area contributed by atoms with Crippen LogP contribution < -0.4 is 14.8 Å². The molecule has 0 aliphatic carbocycles. The molecule has 0 radical (unpaired) electrons. The predicted octanol–water partition coefficient (Wildman–Crippen LogP) is 3.62. The molecule has 116 valence electrons. The molecule has 6 heteroatoms. The number of halogens is 1. The Balaban J connectivity index is 2.14. The van der Waals surface area contributed by atoms with E-state index in [2.05, 4.69) is 12.2 Å². The molecule has 2 amide bonds. The van der Waals surface area contributed by atoms with Gasteiger partial charge in [-0.3, -0.25) is 0 Å². The molecule has 0 bridgehead atoms. The maximum absolute atomic E-state index is 12.3. The smallest absolute Gasteiger partial charge is 0.321 e. The zero-order chi connectivity index (χ0) is 15.4.